The van der Waals surface area contributed by atoms with Crippen molar-refractivity contribution in [1.82, 2.24) is 0 Å². The molecule has 30 valence electrons. The largest absolute Gasteiger partial charge is 0.369 e. The second-order valence-electron chi connectivity index (χ2n) is 1.40. The maximum atomic E-state index is 4.77. The molecule has 1 heterocycles. The van der Waals surface area contributed by atoms with Gasteiger partial charge in [0.15, 0.2) is 0 Å². The molecule has 1 saturated heterocycles. The Hall–Kier alpha value is -0.0800. The van der Waals surface area contributed by atoms with Crippen molar-refractivity contribution < 1.29 is 10.5 Å². The van der Waals surface area contributed by atoms with Crippen LogP contribution in [0.3, 0.4) is 0 Å². The Labute approximate surface area is 30.9 Å². The molecule has 0 aromatic rings. The highest BCUT2D eigenvalue weighted by Crippen LogP contribution is 1.90. The monoisotopic (exact) mass is 74.1 g/mol. The average molecular weight is 74.1 g/mol. The van der Waals surface area contributed by atoms with Gasteiger partial charge >= 0.3 is 0 Å². The zero-order chi connectivity index (χ0) is 3.70. The third-order valence-corrected chi connectivity index (χ3v) is 0.707. The molecule has 2 heteroatoms. The van der Waals surface area contributed by atoms with E-state index in [1.54, 1.807) is 0 Å². The van der Waals surface area contributed by atoms with E-state index < -0.39 is 0 Å². The summed E-state index contributed by atoms with van der Waals surface area (Å²) in [5.41, 5.74) is 3.72. The summed E-state index contributed by atoms with van der Waals surface area (Å²) >= 11 is 0. The molecule has 0 saturated carbocycles. The third kappa shape index (κ3) is 0.412. The van der Waals surface area contributed by atoms with Gasteiger partial charge in [-0.05, 0) is 0 Å². The van der Waals surface area contributed by atoms with Crippen LogP contribution >= 0.6 is 0 Å². The fraction of sp³-hybridized carbons (Fsp3) is 1.00. The van der Waals surface area contributed by atoms with Crippen molar-refractivity contribution in [2.45, 2.75) is 6.04 Å². The lowest BCUT2D eigenvalue weighted by Gasteiger charge is -2.16. The molecule has 0 aromatic heterocycles. The van der Waals surface area contributed by atoms with Gasteiger partial charge in [0.25, 0.3) is 0 Å². The highest BCUT2D eigenvalue weighted by atomic mass is 16.5. The van der Waals surface area contributed by atoms with E-state index in [9.17, 15) is 0 Å². The molecule has 0 atom stereocenters. The predicted octanol–water partition coefficient (Wildman–Crippen LogP) is -1.37. The molecule has 3 N–H and O–H groups in total. The maximum Gasteiger partial charge on any atom is 0.132 e. The minimum absolute atomic E-state index is 0.593. The molecule has 1 fully saturated rings. The average Bonchev–Trinajstić information content (AvgIpc) is 1.30. The van der Waals surface area contributed by atoms with Gasteiger partial charge in [-0.25, -0.2) is 0 Å². The van der Waals surface area contributed by atoms with Crippen LogP contribution in [0.2, 0.25) is 0 Å². The quantitative estimate of drug-likeness (QED) is 0.378. The van der Waals surface area contributed by atoms with Crippen molar-refractivity contribution >= 4 is 0 Å². The van der Waals surface area contributed by atoms with Crippen LogP contribution < -0.4 is 5.73 Å². The Morgan fingerprint density at radius 3 is 2.00 bits per heavy atom. The van der Waals surface area contributed by atoms with E-state index in [-0.39, 0.29) is 0 Å². The third-order valence-electron chi connectivity index (χ3n) is 0.707. The van der Waals surface area contributed by atoms with Gasteiger partial charge in [-0.2, -0.15) is 0 Å². The summed E-state index contributed by atoms with van der Waals surface area (Å²) in [5, 5.41) is 0. The molecule has 5 heavy (non-hydrogen) atoms. The topological polar surface area (TPSA) is 36.9 Å². The van der Waals surface area contributed by atoms with Crippen molar-refractivity contribution in [1.29, 1.82) is 0 Å². The molecule has 1 rings (SSSR count). The molecule has 1 aliphatic heterocycles. The van der Waals surface area contributed by atoms with E-state index in [0.717, 1.165) is 13.2 Å². The number of ether oxygens (including phenoxy) is 1. The summed E-state index contributed by atoms with van der Waals surface area (Å²) in [6, 6.07) is 0.593. The van der Waals surface area contributed by atoms with E-state index >= 15 is 0 Å². The molecule has 2 nitrogen and oxygen atoms in total. The van der Waals surface area contributed by atoms with Crippen LogP contribution in [0.15, 0.2) is 0 Å². The first kappa shape index (κ1) is 3.12. The molecule has 1 aliphatic rings. The lowest BCUT2D eigenvalue weighted by Crippen LogP contribution is -2.70. The van der Waals surface area contributed by atoms with E-state index in [1.165, 1.54) is 0 Å². The Morgan fingerprint density at radius 1 is 1.60 bits per heavy atom. The summed E-state index contributed by atoms with van der Waals surface area (Å²) in [5.74, 6) is 0. The second kappa shape index (κ2) is 0.954. The molecular formula is C3H8NO+. The van der Waals surface area contributed by atoms with Gasteiger partial charge in [0.05, 0.1) is 0 Å². The van der Waals surface area contributed by atoms with Crippen LogP contribution in [0.25, 0.3) is 0 Å². The Morgan fingerprint density at radius 2 is 2.00 bits per heavy atom. The van der Waals surface area contributed by atoms with Crippen LogP contribution in [0.5, 0.6) is 0 Å². The van der Waals surface area contributed by atoms with Gasteiger partial charge in [-0.3, -0.25) is 0 Å². The summed E-state index contributed by atoms with van der Waals surface area (Å²) < 4.78 is 4.77. The zero-order valence-electron chi connectivity index (χ0n) is 3.11. The van der Waals surface area contributed by atoms with Gasteiger partial charge in [0.1, 0.15) is 19.3 Å². The van der Waals surface area contributed by atoms with Crippen LogP contribution in [0.1, 0.15) is 0 Å². The van der Waals surface area contributed by atoms with E-state index in [4.69, 9.17) is 4.74 Å². The minimum atomic E-state index is 0.593. The van der Waals surface area contributed by atoms with Gasteiger partial charge in [-0.1, -0.05) is 0 Å². The lowest BCUT2D eigenvalue weighted by molar-refractivity contribution is -0.463. The Balaban J connectivity index is 2.08. The normalized spacial score (nSPS) is 25.8. The molecule has 0 aromatic carbocycles. The Bertz CT molecular complexity index is 33.9. The fourth-order valence-electron chi connectivity index (χ4n) is 0.285. The molecule has 0 aliphatic carbocycles. The molecule has 0 bridgehead atoms. The van der Waals surface area contributed by atoms with Crippen molar-refractivity contribution in [2.75, 3.05) is 13.2 Å². The number of rotatable bonds is 0. The summed E-state index contributed by atoms with van der Waals surface area (Å²) in [6.07, 6.45) is 0. The van der Waals surface area contributed by atoms with Crippen molar-refractivity contribution in [3.63, 3.8) is 0 Å². The van der Waals surface area contributed by atoms with E-state index in [1.807, 2.05) is 0 Å². The highest BCUT2D eigenvalue weighted by Gasteiger charge is 2.14. The smallest absolute Gasteiger partial charge is 0.132 e. The molecule has 0 spiro atoms. The standard InChI is InChI=1S/C3H7NO/c4-3-1-5-2-3/h3H,1-2,4H2/p+1. The first-order valence-electron chi connectivity index (χ1n) is 1.80. The van der Waals surface area contributed by atoms with Crippen LogP contribution in [0.4, 0.5) is 0 Å². The molecule has 0 unspecified atom stereocenters. The first-order chi connectivity index (χ1) is 2.39. The van der Waals surface area contributed by atoms with E-state index in [0.29, 0.717) is 6.04 Å². The van der Waals surface area contributed by atoms with Crippen LogP contribution in [0, 0.1) is 0 Å². The highest BCUT2D eigenvalue weighted by molar-refractivity contribution is 4.57. The minimum Gasteiger partial charge on any atom is -0.369 e. The Kier molecular flexibility index (Phi) is 0.596. The van der Waals surface area contributed by atoms with Gasteiger partial charge < -0.3 is 10.5 Å². The van der Waals surface area contributed by atoms with Crippen LogP contribution in [-0.4, -0.2) is 19.3 Å². The number of quaternary nitrogens is 1. The van der Waals surface area contributed by atoms with Gasteiger partial charge in [0.2, 0.25) is 0 Å². The van der Waals surface area contributed by atoms with Gasteiger partial charge in [0, 0.05) is 0 Å². The maximum absolute atomic E-state index is 4.77. The molecule has 0 amide bonds. The van der Waals surface area contributed by atoms with E-state index in [2.05, 4.69) is 5.73 Å². The van der Waals surface area contributed by atoms with Crippen molar-refractivity contribution in [3.05, 3.63) is 0 Å². The zero-order valence-corrected chi connectivity index (χ0v) is 3.11. The summed E-state index contributed by atoms with van der Waals surface area (Å²) in [4.78, 5) is 0. The predicted molar refractivity (Wildman–Crippen MR) is 17.5 cm³/mol. The second-order valence-corrected chi connectivity index (χ2v) is 1.40. The van der Waals surface area contributed by atoms with Gasteiger partial charge in [-0.15, -0.1) is 0 Å². The first-order valence-corrected chi connectivity index (χ1v) is 1.80. The lowest BCUT2D eigenvalue weighted by atomic mass is 10.3. The summed E-state index contributed by atoms with van der Waals surface area (Å²) in [6.45, 7) is 1.75. The van der Waals surface area contributed by atoms with Crippen LogP contribution in [-0.2, 0) is 4.74 Å². The number of hydrogen-bond donors (Lipinski definition) is 1. The number of hydrogen-bond acceptors (Lipinski definition) is 1. The van der Waals surface area contributed by atoms with Crippen molar-refractivity contribution in [3.8, 4) is 0 Å². The van der Waals surface area contributed by atoms with Crippen molar-refractivity contribution in [2.24, 2.45) is 0 Å². The molecular weight excluding hydrogens is 66.0 g/mol. The summed E-state index contributed by atoms with van der Waals surface area (Å²) in [7, 11) is 0. The SMILES string of the molecule is [NH3+]C1COC1. The fourth-order valence-corrected chi connectivity index (χ4v) is 0.285. The molecule has 0 radical (unpaired) electrons.